The third-order valence-electron chi connectivity index (χ3n) is 10.2. The van der Waals surface area contributed by atoms with Crippen LogP contribution in [-0.4, -0.2) is 19.1 Å². The number of aromatic nitrogens is 4. The molecule has 0 unspecified atom stereocenters. The summed E-state index contributed by atoms with van der Waals surface area (Å²) in [6.07, 6.45) is 0. The van der Waals surface area contributed by atoms with E-state index in [9.17, 15) is 0 Å². The first-order valence-corrected chi connectivity index (χ1v) is 16.2. The molecule has 0 fully saturated rings. The molecule has 9 aromatic rings. The second-order valence-electron chi connectivity index (χ2n) is 13.0. The lowest BCUT2D eigenvalue weighted by molar-refractivity contribution is 0.661. The van der Waals surface area contributed by atoms with Gasteiger partial charge in [0.15, 0.2) is 5.82 Å². The first-order valence-electron chi connectivity index (χ1n) is 16.2. The maximum atomic E-state index is 5.32. The Kier molecular flexibility index (Phi) is 5.31. The molecule has 222 valence electrons. The van der Waals surface area contributed by atoms with Gasteiger partial charge in [-0.2, -0.15) is 0 Å². The van der Waals surface area contributed by atoms with Crippen molar-refractivity contribution in [1.82, 2.24) is 19.1 Å². The normalized spacial score (nSPS) is 13.5. The number of fused-ring (bicyclic) bond motifs is 10. The molecule has 4 heteroatoms. The van der Waals surface area contributed by atoms with Gasteiger partial charge in [0.05, 0.1) is 22.1 Å². The second kappa shape index (κ2) is 9.51. The van der Waals surface area contributed by atoms with E-state index in [-0.39, 0.29) is 5.41 Å². The second-order valence-corrected chi connectivity index (χ2v) is 13.0. The highest BCUT2D eigenvalue weighted by Gasteiger charge is 2.37. The summed E-state index contributed by atoms with van der Waals surface area (Å²) in [5.74, 6) is 2.37. The fraction of sp³-hybridized carbons (Fsp3) is 0.0698. The van der Waals surface area contributed by atoms with Crippen molar-refractivity contribution >= 4 is 43.6 Å². The maximum absolute atomic E-state index is 5.32. The van der Waals surface area contributed by atoms with Gasteiger partial charge in [0.2, 0.25) is 0 Å². The summed E-state index contributed by atoms with van der Waals surface area (Å²) < 4.78 is 4.62. The van der Waals surface area contributed by atoms with Crippen LogP contribution in [0.2, 0.25) is 0 Å². The van der Waals surface area contributed by atoms with E-state index in [2.05, 4.69) is 163 Å². The zero-order valence-corrected chi connectivity index (χ0v) is 26.1. The lowest BCUT2D eigenvalue weighted by Crippen LogP contribution is -2.14. The Bertz CT molecular complexity index is 2660. The molecule has 0 bridgehead atoms. The van der Waals surface area contributed by atoms with Gasteiger partial charge in [-0.05, 0) is 46.5 Å². The lowest BCUT2D eigenvalue weighted by Gasteiger charge is -2.21. The van der Waals surface area contributed by atoms with Crippen molar-refractivity contribution in [2.45, 2.75) is 19.3 Å². The van der Waals surface area contributed by atoms with E-state index in [4.69, 9.17) is 9.97 Å². The highest BCUT2D eigenvalue weighted by Crippen LogP contribution is 2.53. The molecule has 4 nitrogen and oxygen atoms in total. The van der Waals surface area contributed by atoms with Crippen molar-refractivity contribution < 1.29 is 0 Å². The molecule has 0 N–H and O–H groups in total. The molecule has 6 aromatic carbocycles. The largest absolute Gasteiger partial charge is 0.294 e. The Morgan fingerprint density at radius 2 is 1.00 bits per heavy atom. The van der Waals surface area contributed by atoms with Gasteiger partial charge in [0, 0.05) is 38.6 Å². The summed E-state index contributed by atoms with van der Waals surface area (Å²) in [6.45, 7) is 4.69. The van der Waals surface area contributed by atoms with Gasteiger partial charge in [-0.3, -0.25) is 9.13 Å². The van der Waals surface area contributed by atoms with Crippen LogP contribution in [0.1, 0.15) is 25.0 Å². The molecular weight excluding hydrogens is 573 g/mol. The van der Waals surface area contributed by atoms with Crippen LogP contribution in [0.25, 0.3) is 77.8 Å². The topological polar surface area (TPSA) is 35.6 Å². The molecule has 0 radical (unpaired) electrons. The Morgan fingerprint density at radius 1 is 0.468 bits per heavy atom. The average molecular weight is 603 g/mol. The van der Waals surface area contributed by atoms with Gasteiger partial charge in [0.1, 0.15) is 11.6 Å². The summed E-state index contributed by atoms with van der Waals surface area (Å²) in [5.41, 5.74) is 10.8. The first kappa shape index (κ1) is 26.2. The van der Waals surface area contributed by atoms with Gasteiger partial charge in [-0.1, -0.05) is 129 Å². The van der Waals surface area contributed by atoms with E-state index in [1.54, 1.807) is 0 Å². The highest BCUT2D eigenvalue weighted by molar-refractivity contribution is 6.18. The van der Waals surface area contributed by atoms with Gasteiger partial charge in [-0.15, -0.1) is 0 Å². The van der Waals surface area contributed by atoms with Crippen LogP contribution < -0.4 is 0 Å². The van der Waals surface area contributed by atoms with E-state index >= 15 is 0 Å². The van der Waals surface area contributed by atoms with E-state index in [1.165, 1.54) is 43.8 Å². The molecule has 10 rings (SSSR count). The monoisotopic (exact) mass is 602 g/mol. The standard InChI is InChI=1S/C43H30N4/c1-43(2)32-20-10-6-18-30(32)40-33(43)24-25-37-41(40)31-19-9-13-23-36(31)47(37)39-26-38(44-42(45-39)27-14-4-3-5-15-27)46-34-21-11-7-16-28(34)29-17-8-12-22-35(29)46/h3-26H,1-2H3. The smallest absolute Gasteiger partial charge is 0.163 e. The van der Waals surface area contributed by atoms with E-state index in [0.29, 0.717) is 5.82 Å². The third-order valence-corrected chi connectivity index (χ3v) is 10.2. The molecular formula is C43H30N4. The zero-order chi connectivity index (χ0) is 31.3. The quantitative estimate of drug-likeness (QED) is 0.202. The number of nitrogens with zero attached hydrogens (tertiary/aromatic N) is 4. The molecule has 3 aromatic heterocycles. The number of para-hydroxylation sites is 3. The molecule has 1 aliphatic carbocycles. The van der Waals surface area contributed by atoms with Crippen molar-refractivity contribution in [2.24, 2.45) is 0 Å². The van der Waals surface area contributed by atoms with Crippen LogP contribution >= 0.6 is 0 Å². The first-order chi connectivity index (χ1) is 23.1. The third kappa shape index (κ3) is 3.58. The zero-order valence-electron chi connectivity index (χ0n) is 26.1. The average Bonchev–Trinajstić information content (AvgIpc) is 3.72. The van der Waals surface area contributed by atoms with Crippen molar-refractivity contribution in [3.8, 4) is 34.2 Å². The van der Waals surface area contributed by atoms with Crippen LogP contribution in [0.4, 0.5) is 0 Å². The van der Waals surface area contributed by atoms with Crippen molar-refractivity contribution in [3.63, 3.8) is 0 Å². The molecule has 0 saturated carbocycles. The van der Waals surface area contributed by atoms with Gasteiger partial charge < -0.3 is 0 Å². The fourth-order valence-electron chi connectivity index (χ4n) is 8.04. The van der Waals surface area contributed by atoms with E-state index in [0.717, 1.165) is 39.3 Å². The molecule has 0 aliphatic heterocycles. The highest BCUT2D eigenvalue weighted by atomic mass is 15.1. The predicted octanol–water partition coefficient (Wildman–Crippen LogP) is 10.6. The van der Waals surface area contributed by atoms with Gasteiger partial charge in [0.25, 0.3) is 0 Å². The maximum Gasteiger partial charge on any atom is 0.163 e. The van der Waals surface area contributed by atoms with Crippen molar-refractivity contribution in [1.29, 1.82) is 0 Å². The van der Waals surface area contributed by atoms with Crippen molar-refractivity contribution in [3.05, 3.63) is 157 Å². The van der Waals surface area contributed by atoms with Gasteiger partial charge >= 0.3 is 0 Å². The van der Waals surface area contributed by atoms with Crippen LogP contribution in [0.15, 0.2) is 146 Å². The van der Waals surface area contributed by atoms with E-state index in [1.807, 2.05) is 6.07 Å². The minimum Gasteiger partial charge on any atom is -0.294 e. The van der Waals surface area contributed by atoms with Gasteiger partial charge in [-0.25, -0.2) is 9.97 Å². The summed E-state index contributed by atoms with van der Waals surface area (Å²) in [5, 5.41) is 4.91. The summed E-state index contributed by atoms with van der Waals surface area (Å²) >= 11 is 0. The van der Waals surface area contributed by atoms with E-state index < -0.39 is 0 Å². The van der Waals surface area contributed by atoms with Crippen LogP contribution in [0.3, 0.4) is 0 Å². The summed E-state index contributed by atoms with van der Waals surface area (Å²) in [4.78, 5) is 10.6. The minimum atomic E-state index is -0.0809. The Morgan fingerprint density at radius 3 is 1.68 bits per heavy atom. The molecule has 1 aliphatic rings. The Labute approximate surface area is 272 Å². The summed E-state index contributed by atoms with van der Waals surface area (Å²) in [6, 6.07) is 51.9. The molecule has 0 amide bonds. The SMILES string of the molecule is CC1(C)c2ccccc2-c2c1ccc1c2c2ccccc2n1-c1cc(-n2c3ccccc3c3ccccc32)nc(-c2ccccc2)n1. The van der Waals surface area contributed by atoms with Crippen LogP contribution in [-0.2, 0) is 5.41 Å². The molecule has 0 atom stereocenters. The number of hydrogen-bond donors (Lipinski definition) is 0. The molecule has 3 heterocycles. The molecule has 0 saturated heterocycles. The number of rotatable bonds is 3. The predicted molar refractivity (Wildman–Crippen MR) is 194 cm³/mol. The minimum absolute atomic E-state index is 0.0809. The molecule has 0 spiro atoms. The van der Waals surface area contributed by atoms with Crippen molar-refractivity contribution in [2.75, 3.05) is 0 Å². The summed E-state index contributed by atoms with van der Waals surface area (Å²) in [7, 11) is 0. The lowest BCUT2D eigenvalue weighted by atomic mass is 9.82. The van der Waals surface area contributed by atoms with Crippen LogP contribution in [0, 0.1) is 0 Å². The fourth-order valence-corrected chi connectivity index (χ4v) is 8.04. The van der Waals surface area contributed by atoms with Crippen LogP contribution in [0.5, 0.6) is 0 Å². The molecule has 47 heavy (non-hydrogen) atoms. The Balaban J connectivity index is 1.33. The number of benzene rings is 6. The Hall–Kier alpha value is -6.00. The number of hydrogen-bond acceptors (Lipinski definition) is 2.